The Morgan fingerprint density at radius 1 is 1.50 bits per heavy atom. The van der Waals surface area contributed by atoms with E-state index in [4.69, 9.17) is 21.4 Å². The van der Waals surface area contributed by atoms with E-state index in [0.717, 1.165) is 6.07 Å². The molecule has 1 fully saturated rings. The summed E-state index contributed by atoms with van der Waals surface area (Å²) in [7, 11) is 0. The van der Waals surface area contributed by atoms with E-state index in [1.807, 2.05) is 0 Å². The zero-order chi connectivity index (χ0) is 14.7. The van der Waals surface area contributed by atoms with E-state index in [-0.39, 0.29) is 30.2 Å². The van der Waals surface area contributed by atoms with E-state index >= 15 is 0 Å². The van der Waals surface area contributed by atoms with Gasteiger partial charge in [-0.25, -0.2) is 4.39 Å². The van der Waals surface area contributed by atoms with Gasteiger partial charge in [0.05, 0.1) is 36.3 Å². The molecule has 0 spiro atoms. The smallest absolute Gasteiger partial charge is 0.305 e. The molecule has 20 heavy (non-hydrogen) atoms. The molecule has 1 N–H and O–H groups in total. The number of hydrogen-bond donors (Lipinski definition) is 1. The van der Waals surface area contributed by atoms with E-state index in [9.17, 15) is 14.0 Å². The number of rotatable bonds is 3. The monoisotopic (exact) mass is 301 g/mol. The maximum atomic E-state index is 13.4. The Labute approximate surface area is 119 Å². The van der Waals surface area contributed by atoms with Gasteiger partial charge in [0.2, 0.25) is 0 Å². The van der Waals surface area contributed by atoms with Gasteiger partial charge in [0.25, 0.3) is 5.91 Å². The molecule has 1 heterocycles. The molecule has 1 aliphatic heterocycles. The summed E-state index contributed by atoms with van der Waals surface area (Å²) in [6.45, 7) is 0.712. The Kier molecular flexibility index (Phi) is 4.57. The summed E-state index contributed by atoms with van der Waals surface area (Å²) in [6, 6.07) is 3.39. The largest absolute Gasteiger partial charge is 0.481 e. The van der Waals surface area contributed by atoms with Crippen LogP contribution < -0.4 is 0 Å². The van der Waals surface area contributed by atoms with Gasteiger partial charge in [-0.1, -0.05) is 17.7 Å². The Morgan fingerprint density at radius 2 is 2.25 bits per heavy atom. The standard InChI is InChI=1S/C13H13ClFNO4/c14-12-9(2-1-3-10(12)15)13(19)16-4-5-20-7-8(16)6-11(17)18/h1-3,8H,4-7H2,(H,17,18). The molecule has 1 saturated heterocycles. The maximum Gasteiger partial charge on any atom is 0.305 e. The first-order valence-corrected chi connectivity index (χ1v) is 6.43. The molecular formula is C13H13ClFNO4. The SMILES string of the molecule is O=C(O)CC1COCCN1C(=O)c1cccc(F)c1Cl. The lowest BCUT2D eigenvalue weighted by molar-refractivity contribution is -0.139. The van der Waals surface area contributed by atoms with Gasteiger partial charge in [-0.2, -0.15) is 0 Å². The zero-order valence-electron chi connectivity index (χ0n) is 10.5. The van der Waals surface area contributed by atoms with Crippen LogP contribution in [0.1, 0.15) is 16.8 Å². The van der Waals surface area contributed by atoms with E-state index in [0.29, 0.717) is 6.61 Å². The van der Waals surface area contributed by atoms with Crippen molar-refractivity contribution in [2.24, 2.45) is 0 Å². The predicted octanol–water partition coefficient (Wildman–Crippen LogP) is 1.79. The number of ether oxygens (including phenoxy) is 1. The predicted molar refractivity (Wildman–Crippen MR) is 69.3 cm³/mol. The minimum Gasteiger partial charge on any atom is -0.481 e. The van der Waals surface area contributed by atoms with Gasteiger partial charge >= 0.3 is 5.97 Å². The van der Waals surface area contributed by atoms with Gasteiger partial charge < -0.3 is 14.7 Å². The van der Waals surface area contributed by atoms with Gasteiger partial charge in [-0.3, -0.25) is 9.59 Å². The number of halogens is 2. The molecule has 0 aromatic heterocycles. The molecule has 1 unspecified atom stereocenters. The Bertz CT molecular complexity index is 537. The highest BCUT2D eigenvalue weighted by atomic mass is 35.5. The number of morpholine rings is 1. The fraction of sp³-hybridized carbons (Fsp3) is 0.385. The van der Waals surface area contributed by atoms with Crippen molar-refractivity contribution in [3.63, 3.8) is 0 Å². The first-order chi connectivity index (χ1) is 9.50. The lowest BCUT2D eigenvalue weighted by atomic mass is 10.1. The van der Waals surface area contributed by atoms with E-state index in [1.54, 1.807) is 0 Å². The topological polar surface area (TPSA) is 66.8 Å². The Balaban J connectivity index is 2.25. The lowest BCUT2D eigenvalue weighted by Crippen LogP contribution is -2.49. The van der Waals surface area contributed by atoms with Crippen molar-refractivity contribution in [2.45, 2.75) is 12.5 Å². The lowest BCUT2D eigenvalue weighted by Gasteiger charge is -2.35. The Morgan fingerprint density at radius 3 is 2.95 bits per heavy atom. The summed E-state index contributed by atoms with van der Waals surface area (Å²) in [5, 5.41) is 8.60. The van der Waals surface area contributed by atoms with Crippen molar-refractivity contribution in [1.82, 2.24) is 4.90 Å². The third-order valence-corrected chi connectivity index (χ3v) is 3.46. The highest BCUT2D eigenvalue weighted by Crippen LogP contribution is 2.23. The molecule has 0 radical (unpaired) electrons. The van der Waals surface area contributed by atoms with Gasteiger partial charge in [0.15, 0.2) is 0 Å². The molecule has 2 rings (SSSR count). The highest BCUT2D eigenvalue weighted by Gasteiger charge is 2.31. The van der Waals surface area contributed by atoms with Crippen LogP contribution in [0.4, 0.5) is 4.39 Å². The van der Waals surface area contributed by atoms with Gasteiger partial charge in [0, 0.05) is 6.54 Å². The van der Waals surface area contributed by atoms with Crippen LogP contribution in [0.2, 0.25) is 5.02 Å². The van der Waals surface area contributed by atoms with Gasteiger partial charge in [-0.15, -0.1) is 0 Å². The molecule has 7 heteroatoms. The number of amides is 1. The molecule has 0 aliphatic carbocycles. The quantitative estimate of drug-likeness (QED) is 0.924. The molecule has 1 atom stereocenters. The average Bonchev–Trinajstić information content (AvgIpc) is 2.41. The van der Waals surface area contributed by atoms with Crippen LogP contribution in [-0.4, -0.2) is 47.7 Å². The average molecular weight is 302 g/mol. The zero-order valence-corrected chi connectivity index (χ0v) is 11.3. The van der Waals surface area contributed by atoms with Crippen molar-refractivity contribution in [3.05, 3.63) is 34.6 Å². The summed E-state index contributed by atoms with van der Waals surface area (Å²) < 4.78 is 18.6. The van der Waals surface area contributed by atoms with Crippen LogP contribution in [0.5, 0.6) is 0 Å². The maximum absolute atomic E-state index is 13.4. The number of aliphatic carboxylic acids is 1. The molecule has 1 aromatic carbocycles. The van der Waals surface area contributed by atoms with Crippen molar-refractivity contribution in [1.29, 1.82) is 0 Å². The van der Waals surface area contributed by atoms with E-state index < -0.39 is 23.7 Å². The van der Waals surface area contributed by atoms with E-state index in [2.05, 4.69) is 0 Å². The fourth-order valence-electron chi connectivity index (χ4n) is 2.12. The summed E-state index contributed by atoms with van der Waals surface area (Å²) in [4.78, 5) is 24.6. The van der Waals surface area contributed by atoms with Crippen molar-refractivity contribution < 1.29 is 23.8 Å². The van der Waals surface area contributed by atoms with Crippen LogP contribution in [-0.2, 0) is 9.53 Å². The number of hydrogen-bond acceptors (Lipinski definition) is 3. The first-order valence-electron chi connectivity index (χ1n) is 6.05. The van der Waals surface area contributed by atoms with Crippen LogP contribution in [0.3, 0.4) is 0 Å². The third-order valence-electron chi connectivity index (χ3n) is 3.08. The number of carboxylic acids is 1. The van der Waals surface area contributed by atoms with Crippen LogP contribution in [0, 0.1) is 5.82 Å². The van der Waals surface area contributed by atoms with Crippen molar-refractivity contribution in [2.75, 3.05) is 19.8 Å². The summed E-state index contributed by atoms with van der Waals surface area (Å²) in [5.74, 6) is -2.19. The summed E-state index contributed by atoms with van der Waals surface area (Å²) in [6.07, 6.45) is -0.224. The summed E-state index contributed by atoms with van der Waals surface area (Å²) in [5.41, 5.74) is 0.0314. The van der Waals surface area contributed by atoms with Gasteiger partial charge in [-0.05, 0) is 12.1 Å². The first kappa shape index (κ1) is 14.7. The number of benzene rings is 1. The third kappa shape index (κ3) is 3.08. The molecule has 1 aliphatic rings. The molecule has 0 saturated carbocycles. The number of carboxylic acid groups (broad SMARTS) is 1. The molecule has 108 valence electrons. The molecular weight excluding hydrogens is 289 g/mol. The second-order valence-corrected chi connectivity index (χ2v) is 4.80. The molecule has 0 bridgehead atoms. The fourth-order valence-corrected chi connectivity index (χ4v) is 2.32. The normalized spacial score (nSPS) is 18.9. The highest BCUT2D eigenvalue weighted by molar-refractivity contribution is 6.34. The van der Waals surface area contributed by atoms with Crippen LogP contribution in [0.25, 0.3) is 0 Å². The van der Waals surface area contributed by atoms with Crippen LogP contribution in [0.15, 0.2) is 18.2 Å². The second-order valence-electron chi connectivity index (χ2n) is 4.43. The van der Waals surface area contributed by atoms with Gasteiger partial charge in [0.1, 0.15) is 5.82 Å². The number of carbonyl (C=O) groups is 2. The molecule has 1 amide bonds. The molecule has 1 aromatic rings. The van der Waals surface area contributed by atoms with Crippen LogP contribution >= 0.6 is 11.6 Å². The Hall–Kier alpha value is -1.66. The second kappa shape index (κ2) is 6.19. The molecule has 5 nitrogen and oxygen atoms in total. The van der Waals surface area contributed by atoms with Crippen molar-refractivity contribution >= 4 is 23.5 Å². The number of carbonyl (C=O) groups excluding carboxylic acids is 1. The minimum absolute atomic E-state index is 0.0314. The van der Waals surface area contributed by atoms with Crippen molar-refractivity contribution in [3.8, 4) is 0 Å². The minimum atomic E-state index is -1.02. The van der Waals surface area contributed by atoms with E-state index in [1.165, 1.54) is 17.0 Å². The summed E-state index contributed by atoms with van der Waals surface area (Å²) >= 11 is 5.79. The number of nitrogens with zero attached hydrogens (tertiary/aromatic N) is 1.